The zero-order valence-corrected chi connectivity index (χ0v) is 20.9. The molecule has 3 aliphatic carbocycles. The molecule has 0 aromatic carbocycles. The van der Waals surface area contributed by atoms with E-state index in [2.05, 4.69) is 32.8 Å². The smallest absolute Gasteiger partial charge is 0.160 e. The van der Waals surface area contributed by atoms with Gasteiger partial charge in [-0.05, 0) is 67.6 Å². The van der Waals surface area contributed by atoms with Gasteiger partial charge in [0.1, 0.15) is 0 Å². The Balaban J connectivity index is 1.31. The maximum absolute atomic E-state index is 6.74. The average Bonchev–Trinajstić information content (AvgIpc) is 3.41. The fraction of sp³-hybridized carbons (Fsp3) is 0.889. The van der Waals surface area contributed by atoms with Crippen LogP contribution in [0.2, 0.25) is 0 Å². The van der Waals surface area contributed by atoms with Crippen molar-refractivity contribution >= 4 is 0 Å². The summed E-state index contributed by atoms with van der Waals surface area (Å²) in [6.07, 6.45) is 15.5. The molecule has 3 saturated carbocycles. The molecule has 0 amide bonds. The van der Waals surface area contributed by atoms with E-state index in [4.69, 9.17) is 14.2 Å². The van der Waals surface area contributed by atoms with Crippen molar-refractivity contribution in [1.82, 2.24) is 9.78 Å². The highest BCUT2D eigenvalue weighted by atomic mass is 16.7. The molecule has 5 rings (SSSR count). The SMILES string of the molecule is Cn1cc(OCC[C@@H]2C(C)(C)CCC3[C@]4(C)CO[C@@H](C5CCCC5)O[C@@H]4CC[C@]32C)cn1. The van der Waals surface area contributed by atoms with Crippen LogP contribution in [0, 0.1) is 34.0 Å². The van der Waals surface area contributed by atoms with E-state index in [1.807, 2.05) is 19.4 Å². The van der Waals surface area contributed by atoms with E-state index < -0.39 is 0 Å². The molecule has 6 atom stereocenters. The van der Waals surface area contributed by atoms with Gasteiger partial charge in [-0.1, -0.05) is 40.5 Å². The molecule has 0 spiro atoms. The summed E-state index contributed by atoms with van der Waals surface area (Å²) in [6, 6.07) is 0. The van der Waals surface area contributed by atoms with Crippen LogP contribution in [0.5, 0.6) is 5.75 Å². The van der Waals surface area contributed by atoms with Crippen LogP contribution in [0.3, 0.4) is 0 Å². The minimum absolute atomic E-state index is 0.0450. The average molecular weight is 445 g/mol. The number of fused-ring (bicyclic) bond motifs is 3. The number of hydrogen-bond acceptors (Lipinski definition) is 4. The first kappa shape index (κ1) is 22.7. The quantitative estimate of drug-likeness (QED) is 0.560. The van der Waals surface area contributed by atoms with Crippen molar-refractivity contribution in [3.05, 3.63) is 12.4 Å². The molecule has 32 heavy (non-hydrogen) atoms. The number of nitrogens with zero attached hydrogens (tertiary/aromatic N) is 2. The Morgan fingerprint density at radius 1 is 1.06 bits per heavy atom. The van der Waals surface area contributed by atoms with Gasteiger partial charge in [0.2, 0.25) is 0 Å². The van der Waals surface area contributed by atoms with E-state index in [1.165, 1.54) is 51.4 Å². The van der Waals surface area contributed by atoms with Crippen LogP contribution >= 0.6 is 0 Å². The topological polar surface area (TPSA) is 45.5 Å². The molecule has 4 aliphatic rings. The van der Waals surface area contributed by atoms with Crippen LogP contribution in [0.25, 0.3) is 0 Å². The van der Waals surface area contributed by atoms with E-state index in [9.17, 15) is 0 Å². The van der Waals surface area contributed by atoms with Gasteiger partial charge in [-0.3, -0.25) is 4.68 Å². The first-order valence-corrected chi connectivity index (χ1v) is 13.1. The van der Waals surface area contributed by atoms with E-state index in [1.54, 1.807) is 4.68 Å². The van der Waals surface area contributed by atoms with Crippen LogP contribution in [0.1, 0.15) is 85.5 Å². The number of aromatic nitrogens is 2. The largest absolute Gasteiger partial charge is 0.490 e. The number of rotatable bonds is 5. The van der Waals surface area contributed by atoms with Gasteiger partial charge in [0, 0.05) is 18.4 Å². The minimum Gasteiger partial charge on any atom is -0.490 e. The monoisotopic (exact) mass is 444 g/mol. The summed E-state index contributed by atoms with van der Waals surface area (Å²) in [4.78, 5) is 0. The first-order valence-electron chi connectivity index (χ1n) is 13.1. The second kappa shape index (κ2) is 8.30. The van der Waals surface area contributed by atoms with Crippen molar-refractivity contribution in [1.29, 1.82) is 0 Å². The molecule has 1 aliphatic heterocycles. The van der Waals surface area contributed by atoms with Crippen LogP contribution in [-0.2, 0) is 16.5 Å². The summed E-state index contributed by atoms with van der Waals surface area (Å²) < 4.78 is 21.2. The van der Waals surface area contributed by atoms with Gasteiger partial charge in [0.25, 0.3) is 0 Å². The normalized spacial score (nSPS) is 41.8. The van der Waals surface area contributed by atoms with E-state index in [-0.39, 0.29) is 11.7 Å². The molecule has 0 bridgehead atoms. The molecular formula is C27H44N2O3. The molecule has 2 heterocycles. The Kier molecular flexibility index (Phi) is 5.89. The highest BCUT2D eigenvalue weighted by molar-refractivity contribution is 5.12. The predicted molar refractivity (Wildman–Crippen MR) is 125 cm³/mol. The molecule has 1 saturated heterocycles. The van der Waals surface area contributed by atoms with E-state index >= 15 is 0 Å². The third kappa shape index (κ3) is 3.81. The van der Waals surface area contributed by atoms with Gasteiger partial charge in [0.05, 0.1) is 31.7 Å². The van der Waals surface area contributed by atoms with Crippen molar-refractivity contribution < 1.29 is 14.2 Å². The van der Waals surface area contributed by atoms with Crippen molar-refractivity contribution in [3.8, 4) is 5.75 Å². The van der Waals surface area contributed by atoms with Gasteiger partial charge in [0.15, 0.2) is 12.0 Å². The second-order valence-electron chi connectivity index (χ2n) is 12.5. The lowest BCUT2D eigenvalue weighted by atomic mass is 9.42. The molecular weight excluding hydrogens is 400 g/mol. The van der Waals surface area contributed by atoms with Gasteiger partial charge < -0.3 is 14.2 Å². The highest BCUT2D eigenvalue weighted by Crippen LogP contribution is 2.66. The van der Waals surface area contributed by atoms with Crippen molar-refractivity contribution in [3.63, 3.8) is 0 Å². The zero-order chi connectivity index (χ0) is 22.6. The molecule has 180 valence electrons. The summed E-state index contributed by atoms with van der Waals surface area (Å²) in [5.41, 5.74) is 0.759. The predicted octanol–water partition coefficient (Wildman–Crippen LogP) is 5.98. The highest BCUT2D eigenvalue weighted by Gasteiger charge is 2.62. The molecule has 1 unspecified atom stereocenters. The Bertz CT molecular complexity index is 801. The van der Waals surface area contributed by atoms with Crippen molar-refractivity contribution in [2.24, 2.45) is 41.0 Å². The summed E-state index contributed by atoms with van der Waals surface area (Å²) in [6.45, 7) is 11.7. The van der Waals surface area contributed by atoms with Crippen molar-refractivity contribution in [2.75, 3.05) is 13.2 Å². The number of hydrogen-bond donors (Lipinski definition) is 0. The minimum atomic E-state index is 0.0450. The lowest BCUT2D eigenvalue weighted by Gasteiger charge is -2.65. The molecule has 0 N–H and O–H groups in total. The zero-order valence-electron chi connectivity index (χ0n) is 20.9. The van der Waals surface area contributed by atoms with Gasteiger partial charge >= 0.3 is 0 Å². The van der Waals surface area contributed by atoms with Gasteiger partial charge in [-0.2, -0.15) is 5.10 Å². The third-order valence-electron chi connectivity index (χ3n) is 10.1. The molecule has 4 fully saturated rings. The third-order valence-corrected chi connectivity index (χ3v) is 10.1. The Hall–Kier alpha value is -1.07. The summed E-state index contributed by atoms with van der Waals surface area (Å²) in [7, 11) is 1.94. The molecule has 5 nitrogen and oxygen atoms in total. The summed E-state index contributed by atoms with van der Waals surface area (Å²) in [5, 5.41) is 4.24. The fourth-order valence-corrected chi connectivity index (χ4v) is 8.43. The standard InChI is InChI=1S/C27H44N2O3/c1-25(2)13-10-22-26(3,21(25)12-15-30-20-16-28-29(5)17-20)14-11-23-27(22,4)18-31-24(32-23)19-8-6-7-9-19/h16-17,19,21-24H,6-15,18H2,1-5H3/t21-,22?,23-,24-,26+,27+/m1/s1. The maximum Gasteiger partial charge on any atom is 0.160 e. The molecule has 5 heteroatoms. The lowest BCUT2D eigenvalue weighted by molar-refractivity contribution is -0.322. The number of aryl methyl sites for hydroxylation is 1. The second-order valence-corrected chi connectivity index (χ2v) is 12.5. The van der Waals surface area contributed by atoms with Crippen LogP contribution in [-0.4, -0.2) is 35.4 Å². The summed E-state index contributed by atoms with van der Waals surface area (Å²) >= 11 is 0. The first-order chi connectivity index (χ1) is 15.2. The van der Waals surface area contributed by atoms with Crippen LogP contribution in [0.15, 0.2) is 12.4 Å². The van der Waals surface area contributed by atoms with E-state index in [0.717, 1.165) is 25.4 Å². The van der Waals surface area contributed by atoms with Gasteiger partial charge in [-0.25, -0.2) is 0 Å². The molecule has 1 aromatic rings. The van der Waals surface area contributed by atoms with Crippen LogP contribution in [0.4, 0.5) is 0 Å². The Morgan fingerprint density at radius 2 is 1.84 bits per heavy atom. The molecule has 1 aromatic heterocycles. The van der Waals surface area contributed by atoms with Crippen LogP contribution < -0.4 is 4.74 Å². The summed E-state index contributed by atoms with van der Waals surface area (Å²) in [5.74, 6) is 2.78. The fourth-order valence-electron chi connectivity index (χ4n) is 8.43. The Labute approximate surface area is 194 Å². The molecule has 0 radical (unpaired) electrons. The van der Waals surface area contributed by atoms with Crippen molar-refractivity contribution in [2.45, 2.75) is 97.9 Å². The Morgan fingerprint density at radius 3 is 2.56 bits per heavy atom. The lowest BCUT2D eigenvalue weighted by Crippen LogP contribution is -2.63. The van der Waals surface area contributed by atoms with E-state index in [0.29, 0.717) is 34.7 Å². The number of ether oxygens (including phenoxy) is 3. The maximum atomic E-state index is 6.74. The van der Waals surface area contributed by atoms with Gasteiger partial charge in [-0.15, -0.1) is 0 Å².